The molecule has 2 heterocycles. The van der Waals surface area contributed by atoms with Gasteiger partial charge in [-0.15, -0.1) is 0 Å². The molecule has 2 aromatic rings. The Morgan fingerprint density at radius 3 is 2.88 bits per heavy atom. The van der Waals surface area contributed by atoms with Crippen LogP contribution in [0.1, 0.15) is 11.3 Å². The summed E-state index contributed by atoms with van der Waals surface area (Å²) in [6, 6.07) is 13.7. The molecule has 1 N–H and O–H groups in total. The first-order valence-corrected chi connectivity index (χ1v) is 8.38. The van der Waals surface area contributed by atoms with Crippen LogP contribution in [0.5, 0.6) is 0 Å². The molecule has 0 spiro atoms. The van der Waals surface area contributed by atoms with E-state index in [9.17, 15) is 5.11 Å². The van der Waals surface area contributed by atoms with Crippen molar-refractivity contribution in [1.82, 2.24) is 4.98 Å². The molecule has 1 aliphatic heterocycles. The highest BCUT2D eigenvalue weighted by molar-refractivity contribution is 6.29. The lowest BCUT2D eigenvalue weighted by atomic mass is 10.2. The summed E-state index contributed by atoms with van der Waals surface area (Å²) in [6.45, 7) is 2.97. The number of ether oxygens (including phenoxy) is 2. The summed E-state index contributed by atoms with van der Waals surface area (Å²) in [6.07, 6.45) is -0.0464. The lowest BCUT2D eigenvalue weighted by Crippen LogP contribution is -2.35. The van der Waals surface area contributed by atoms with Crippen molar-refractivity contribution in [3.63, 3.8) is 0 Å². The van der Waals surface area contributed by atoms with Crippen molar-refractivity contribution in [3.05, 3.63) is 58.9 Å². The van der Waals surface area contributed by atoms with Crippen LogP contribution in [0.4, 0.5) is 5.69 Å². The number of benzene rings is 1. The number of pyridine rings is 1. The molecule has 128 valence electrons. The van der Waals surface area contributed by atoms with E-state index in [4.69, 9.17) is 21.1 Å². The lowest BCUT2D eigenvalue weighted by Gasteiger charge is -2.27. The second-order valence-electron chi connectivity index (χ2n) is 5.70. The molecule has 24 heavy (non-hydrogen) atoms. The van der Waals surface area contributed by atoms with Gasteiger partial charge in [0, 0.05) is 13.1 Å². The predicted octanol–water partition coefficient (Wildman–Crippen LogP) is 2.65. The molecule has 1 aromatic heterocycles. The smallest absolute Gasteiger partial charge is 0.129 e. The summed E-state index contributed by atoms with van der Waals surface area (Å²) in [7, 11) is 0. The van der Waals surface area contributed by atoms with E-state index in [-0.39, 0.29) is 12.7 Å². The monoisotopic (exact) mass is 348 g/mol. The van der Waals surface area contributed by atoms with Gasteiger partial charge in [0.05, 0.1) is 43.9 Å². The number of aliphatic hydroxyl groups excluding tert-OH is 1. The number of aromatic nitrogens is 1. The quantitative estimate of drug-likeness (QED) is 0.842. The maximum Gasteiger partial charge on any atom is 0.129 e. The number of hydrogen-bond acceptors (Lipinski definition) is 5. The molecule has 3 rings (SSSR count). The number of hydrogen-bond donors (Lipinski definition) is 1. The largest absolute Gasteiger partial charge is 0.390 e. The van der Waals surface area contributed by atoms with Gasteiger partial charge in [0.25, 0.3) is 0 Å². The molecular formula is C18H21ClN2O3. The Kier molecular flexibility index (Phi) is 6.04. The fraction of sp³-hybridized carbons (Fsp3) is 0.389. The van der Waals surface area contributed by atoms with E-state index in [1.54, 1.807) is 6.07 Å². The molecule has 6 heteroatoms. The van der Waals surface area contributed by atoms with Gasteiger partial charge >= 0.3 is 0 Å². The molecule has 5 nitrogen and oxygen atoms in total. The Morgan fingerprint density at radius 2 is 2.08 bits per heavy atom. The van der Waals surface area contributed by atoms with Crippen molar-refractivity contribution >= 4 is 17.3 Å². The summed E-state index contributed by atoms with van der Waals surface area (Å²) in [5, 5.41) is 9.93. The molecular weight excluding hydrogens is 328 g/mol. The van der Waals surface area contributed by atoms with Crippen LogP contribution in [-0.4, -0.2) is 42.5 Å². The van der Waals surface area contributed by atoms with Gasteiger partial charge in [-0.1, -0.05) is 41.9 Å². The van der Waals surface area contributed by atoms with Gasteiger partial charge in [0.2, 0.25) is 0 Å². The van der Waals surface area contributed by atoms with E-state index in [1.165, 1.54) is 0 Å². The van der Waals surface area contributed by atoms with Crippen LogP contribution in [0.25, 0.3) is 0 Å². The second-order valence-corrected chi connectivity index (χ2v) is 6.08. The van der Waals surface area contributed by atoms with Crippen molar-refractivity contribution in [2.24, 2.45) is 0 Å². The Balaban J connectivity index is 1.68. The molecule has 1 atom stereocenters. The van der Waals surface area contributed by atoms with E-state index in [0.717, 1.165) is 17.8 Å². The van der Waals surface area contributed by atoms with Crippen LogP contribution >= 0.6 is 11.6 Å². The van der Waals surface area contributed by atoms with Gasteiger partial charge in [-0.3, -0.25) is 0 Å². The Bertz CT molecular complexity index is 654. The standard InChI is InChI=1S/C18H21ClN2O3/c19-18-7-6-17(16(11-22)20-18)21-8-9-23-13-15(10-21)24-12-14-4-2-1-3-5-14/h1-7,15,22H,8-13H2. The molecule has 1 aromatic carbocycles. The van der Waals surface area contributed by atoms with Crippen LogP contribution in [0.15, 0.2) is 42.5 Å². The minimum absolute atomic E-state index is 0.0464. The first-order valence-electron chi connectivity index (χ1n) is 8.01. The van der Waals surface area contributed by atoms with Crippen LogP contribution in [0.2, 0.25) is 5.15 Å². The lowest BCUT2D eigenvalue weighted by molar-refractivity contribution is -0.00796. The molecule has 0 aliphatic carbocycles. The second kappa shape index (κ2) is 8.44. The number of anilines is 1. The SMILES string of the molecule is OCc1nc(Cl)ccc1N1CCOCC(OCc2ccccc2)C1. The van der Waals surface area contributed by atoms with Crippen LogP contribution in [0.3, 0.4) is 0 Å². The molecule has 1 unspecified atom stereocenters. The van der Waals surface area contributed by atoms with E-state index < -0.39 is 0 Å². The van der Waals surface area contributed by atoms with E-state index in [1.807, 2.05) is 36.4 Å². The van der Waals surface area contributed by atoms with Crippen molar-refractivity contribution in [2.75, 3.05) is 31.2 Å². The molecule has 0 amide bonds. The Labute approximate surface area is 146 Å². The molecule has 0 radical (unpaired) electrons. The van der Waals surface area contributed by atoms with Gasteiger partial charge in [-0.05, 0) is 17.7 Å². The van der Waals surface area contributed by atoms with Gasteiger partial charge in [0.15, 0.2) is 0 Å². The van der Waals surface area contributed by atoms with Crippen LogP contribution in [0, 0.1) is 0 Å². The van der Waals surface area contributed by atoms with Crippen molar-refractivity contribution in [1.29, 1.82) is 0 Å². The zero-order valence-corrected chi connectivity index (χ0v) is 14.2. The minimum Gasteiger partial charge on any atom is -0.390 e. The van der Waals surface area contributed by atoms with Gasteiger partial charge in [0.1, 0.15) is 5.15 Å². The van der Waals surface area contributed by atoms with Gasteiger partial charge in [-0.2, -0.15) is 0 Å². The highest BCUT2D eigenvalue weighted by Crippen LogP contribution is 2.23. The third-order valence-electron chi connectivity index (χ3n) is 3.97. The maximum atomic E-state index is 9.55. The average molecular weight is 349 g/mol. The fourth-order valence-electron chi connectivity index (χ4n) is 2.76. The normalized spacial score (nSPS) is 18.4. The zero-order valence-electron chi connectivity index (χ0n) is 13.4. The zero-order chi connectivity index (χ0) is 16.8. The van der Waals surface area contributed by atoms with Gasteiger partial charge in [-0.25, -0.2) is 4.98 Å². The highest BCUT2D eigenvalue weighted by Gasteiger charge is 2.22. The van der Waals surface area contributed by atoms with E-state index >= 15 is 0 Å². The molecule has 1 aliphatic rings. The first-order chi connectivity index (χ1) is 11.8. The number of halogens is 1. The van der Waals surface area contributed by atoms with E-state index in [0.29, 0.717) is 37.2 Å². The van der Waals surface area contributed by atoms with Crippen molar-refractivity contribution < 1.29 is 14.6 Å². The Hall–Kier alpha value is -1.66. The summed E-state index contributed by atoms with van der Waals surface area (Å²) >= 11 is 5.92. The number of aliphatic hydroxyl groups is 1. The summed E-state index contributed by atoms with van der Waals surface area (Å²) in [4.78, 5) is 6.34. The minimum atomic E-state index is -0.150. The average Bonchev–Trinajstić information content (AvgIpc) is 2.86. The van der Waals surface area contributed by atoms with E-state index in [2.05, 4.69) is 9.88 Å². The number of rotatable bonds is 5. The molecule has 0 bridgehead atoms. The van der Waals surface area contributed by atoms with Crippen molar-refractivity contribution in [3.8, 4) is 0 Å². The summed E-state index contributed by atoms with van der Waals surface area (Å²) in [5.41, 5.74) is 2.59. The Morgan fingerprint density at radius 1 is 1.25 bits per heavy atom. The third kappa shape index (κ3) is 4.45. The third-order valence-corrected chi connectivity index (χ3v) is 4.18. The van der Waals surface area contributed by atoms with Crippen molar-refractivity contribution in [2.45, 2.75) is 19.3 Å². The summed E-state index contributed by atoms with van der Waals surface area (Å²) < 4.78 is 11.7. The first kappa shape index (κ1) is 17.2. The van der Waals surface area contributed by atoms with Crippen LogP contribution in [-0.2, 0) is 22.7 Å². The fourth-order valence-corrected chi connectivity index (χ4v) is 2.92. The van der Waals surface area contributed by atoms with Crippen LogP contribution < -0.4 is 4.90 Å². The molecule has 0 saturated carbocycles. The van der Waals surface area contributed by atoms with Gasteiger partial charge < -0.3 is 19.5 Å². The molecule has 1 fully saturated rings. The maximum absolute atomic E-state index is 9.55. The summed E-state index contributed by atoms with van der Waals surface area (Å²) in [5.74, 6) is 0. The highest BCUT2D eigenvalue weighted by atomic mass is 35.5. The molecule has 1 saturated heterocycles. The topological polar surface area (TPSA) is 54.8 Å². The number of nitrogens with zero attached hydrogens (tertiary/aromatic N) is 2. The predicted molar refractivity (Wildman–Crippen MR) is 93.2 cm³/mol.